The Morgan fingerprint density at radius 3 is 2.83 bits per heavy atom. The molecule has 0 aliphatic heterocycles. The molecular formula is C17H19F3N2O2. The van der Waals surface area contributed by atoms with Gasteiger partial charge in [-0.15, -0.1) is 0 Å². The fraction of sp³-hybridized carbons (Fsp3) is 0.471. The summed E-state index contributed by atoms with van der Waals surface area (Å²) < 4.78 is 45.9. The lowest BCUT2D eigenvalue weighted by Gasteiger charge is -2.20. The van der Waals surface area contributed by atoms with Crippen molar-refractivity contribution in [3.63, 3.8) is 0 Å². The number of ether oxygens (including phenoxy) is 1. The minimum Gasteiger partial charge on any atom is -0.465 e. The number of rotatable bonds is 3. The minimum atomic E-state index is -4.40. The first-order chi connectivity index (χ1) is 11.3. The number of nitrogens with zero attached hydrogens (tertiary/aromatic N) is 1. The number of carbonyl (C=O) groups excluding carboxylic acids is 1. The average Bonchev–Trinajstić information content (AvgIpc) is 2.80. The van der Waals surface area contributed by atoms with E-state index in [1.807, 2.05) is 0 Å². The van der Waals surface area contributed by atoms with E-state index in [1.54, 1.807) is 11.5 Å². The van der Waals surface area contributed by atoms with Crippen molar-refractivity contribution >= 4 is 16.9 Å². The van der Waals surface area contributed by atoms with Gasteiger partial charge in [0.1, 0.15) is 6.54 Å². The van der Waals surface area contributed by atoms with Gasteiger partial charge in [-0.3, -0.25) is 4.79 Å². The summed E-state index contributed by atoms with van der Waals surface area (Å²) >= 11 is 0. The number of halogens is 3. The second kappa shape index (κ2) is 6.12. The molecular weight excluding hydrogens is 321 g/mol. The highest BCUT2D eigenvalue weighted by molar-refractivity contribution is 5.88. The molecule has 0 spiro atoms. The van der Waals surface area contributed by atoms with Gasteiger partial charge >= 0.3 is 12.1 Å². The highest BCUT2D eigenvalue weighted by Crippen LogP contribution is 2.36. The minimum absolute atomic E-state index is 0.000274. The molecule has 1 unspecified atom stereocenters. The zero-order valence-electron chi connectivity index (χ0n) is 13.3. The van der Waals surface area contributed by atoms with Gasteiger partial charge in [-0.25, -0.2) is 0 Å². The number of nitrogens with two attached hydrogens (primary N) is 1. The third-order valence-electron chi connectivity index (χ3n) is 4.42. The SMILES string of the molecule is CCOC(=O)Cn1c2c(c3cc(C(F)(F)F)ccc31)CC(N)CC2. The number of hydrogen-bond acceptors (Lipinski definition) is 3. The van der Waals surface area contributed by atoms with Gasteiger partial charge in [0, 0.05) is 22.6 Å². The maximum atomic E-state index is 13.0. The molecule has 4 nitrogen and oxygen atoms in total. The van der Waals surface area contributed by atoms with Crippen molar-refractivity contribution in [1.82, 2.24) is 4.57 Å². The highest BCUT2D eigenvalue weighted by Gasteiger charge is 2.32. The Morgan fingerprint density at radius 2 is 2.17 bits per heavy atom. The van der Waals surface area contributed by atoms with Crippen LogP contribution in [0.25, 0.3) is 10.9 Å². The van der Waals surface area contributed by atoms with Crippen molar-refractivity contribution in [2.75, 3.05) is 6.61 Å². The molecule has 0 amide bonds. The third-order valence-corrected chi connectivity index (χ3v) is 4.42. The molecule has 0 fully saturated rings. The third kappa shape index (κ3) is 3.00. The monoisotopic (exact) mass is 340 g/mol. The van der Waals surface area contributed by atoms with Crippen LogP contribution in [0.1, 0.15) is 30.2 Å². The van der Waals surface area contributed by atoms with Gasteiger partial charge in [0.2, 0.25) is 0 Å². The predicted octanol–water partition coefficient (Wildman–Crippen LogP) is 3.04. The van der Waals surface area contributed by atoms with Gasteiger partial charge in [0.15, 0.2) is 0 Å². The molecule has 2 aromatic rings. The lowest BCUT2D eigenvalue weighted by atomic mass is 9.91. The molecule has 1 heterocycles. The number of benzene rings is 1. The fourth-order valence-corrected chi connectivity index (χ4v) is 3.37. The van der Waals surface area contributed by atoms with Crippen molar-refractivity contribution in [3.05, 3.63) is 35.0 Å². The van der Waals surface area contributed by atoms with Crippen LogP contribution >= 0.6 is 0 Å². The zero-order chi connectivity index (χ0) is 17.5. The van der Waals surface area contributed by atoms with E-state index in [2.05, 4.69) is 0 Å². The molecule has 130 valence electrons. The summed E-state index contributed by atoms with van der Waals surface area (Å²) in [6.45, 7) is 1.99. The number of fused-ring (bicyclic) bond motifs is 3. The van der Waals surface area contributed by atoms with Gasteiger partial charge in [-0.2, -0.15) is 13.2 Å². The summed E-state index contributed by atoms with van der Waals surface area (Å²) in [5.41, 5.74) is 7.64. The highest BCUT2D eigenvalue weighted by atomic mass is 19.4. The van der Waals surface area contributed by atoms with Crippen LogP contribution in [-0.4, -0.2) is 23.2 Å². The van der Waals surface area contributed by atoms with E-state index >= 15 is 0 Å². The van der Waals surface area contributed by atoms with Crippen LogP contribution in [0, 0.1) is 0 Å². The van der Waals surface area contributed by atoms with Gasteiger partial charge in [0.25, 0.3) is 0 Å². The second-order valence-corrected chi connectivity index (χ2v) is 6.05. The van der Waals surface area contributed by atoms with E-state index in [1.165, 1.54) is 6.07 Å². The Balaban J connectivity index is 2.15. The number of carbonyl (C=O) groups is 1. The van der Waals surface area contributed by atoms with Crippen molar-refractivity contribution in [2.24, 2.45) is 5.73 Å². The molecule has 0 saturated heterocycles. The molecule has 0 radical (unpaired) electrons. The zero-order valence-corrected chi connectivity index (χ0v) is 13.3. The van der Waals surface area contributed by atoms with Gasteiger partial charge < -0.3 is 15.0 Å². The van der Waals surface area contributed by atoms with Crippen LogP contribution in [0.5, 0.6) is 0 Å². The molecule has 2 N–H and O–H groups in total. The maximum Gasteiger partial charge on any atom is 0.416 e. The van der Waals surface area contributed by atoms with Crippen molar-refractivity contribution < 1.29 is 22.7 Å². The largest absolute Gasteiger partial charge is 0.465 e. The fourth-order valence-electron chi connectivity index (χ4n) is 3.37. The van der Waals surface area contributed by atoms with Gasteiger partial charge in [-0.1, -0.05) is 0 Å². The molecule has 7 heteroatoms. The molecule has 0 bridgehead atoms. The first-order valence-corrected chi connectivity index (χ1v) is 7.93. The molecule has 0 saturated carbocycles. The van der Waals surface area contributed by atoms with Crippen molar-refractivity contribution in [2.45, 2.75) is 44.9 Å². The molecule has 3 rings (SSSR count). The predicted molar refractivity (Wildman–Crippen MR) is 83.6 cm³/mol. The normalized spacial score (nSPS) is 17.8. The number of hydrogen-bond donors (Lipinski definition) is 1. The van der Waals surface area contributed by atoms with Crippen LogP contribution in [0.15, 0.2) is 18.2 Å². The first kappa shape index (κ1) is 16.8. The number of esters is 1. The second-order valence-electron chi connectivity index (χ2n) is 6.05. The maximum absolute atomic E-state index is 13.0. The van der Waals surface area contributed by atoms with E-state index in [9.17, 15) is 18.0 Å². The van der Waals surface area contributed by atoms with E-state index in [4.69, 9.17) is 10.5 Å². The van der Waals surface area contributed by atoms with Crippen LogP contribution in [0.4, 0.5) is 13.2 Å². The first-order valence-electron chi connectivity index (χ1n) is 7.93. The Bertz CT molecular complexity index is 780. The molecule has 1 atom stereocenters. The smallest absolute Gasteiger partial charge is 0.416 e. The van der Waals surface area contributed by atoms with Crippen LogP contribution in [0.3, 0.4) is 0 Å². The lowest BCUT2D eigenvalue weighted by Crippen LogP contribution is -2.28. The summed E-state index contributed by atoms with van der Waals surface area (Å²) in [6, 6.07) is 3.57. The number of aromatic nitrogens is 1. The molecule has 1 aliphatic carbocycles. The summed E-state index contributed by atoms with van der Waals surface area (Å²) in [5, 5.41) is 0.527. The Morgan fingerprint density at radius 1 is 1.42 bits per heavy atom. The summed E-state index contributed by atoms with van der Waals surface area (Å²) in [7, 11) is 0. The molecule has 24 heavy (non-hydrogen) atoms. The van der Waals surface area contributed by atoms with Crippen LogP contribution in [-0.2, 0) is 35.1 Å². The molecule has 1 aliphatic rings. The topological polar surface area (TPSA) is 57.2 Å². The lowest BCUT2D eigenvalue weighted by molar-refractivity contribution is -0.143. The van der Waals surface area contributed by atoms with E-state index < -0.39 is 17.7 Å². The average molecular weight is 340 g/mol. The van der Waals surface area contributed by atoms with E-state index in [-0.39, 0.29) is 19.2 Å². The molecule has 1 aromatic carbocycles. The summed E-state index contributed by atoms with van der Waals surface area (Å²) in [4.78, 5) is 11.9. The van der Waals surface area contributed by atoms with Crippen LogP contribution in [0.2, 0.25) is 0 Å². The van der Waals surface area contributed by atoms with Gasteiger partial charge in [-0.05, 0) is 49.9 Å². The Hall–Kier alpha value is -2.02. The number of alkyl halides is 3. The van der Waals surface area contributed by atoms with Crippen molar-refractivity contribution in [3.8, 4) is 0 Å². The summed E-state index contributed by atoms with van der Waals surface area (Å²) in [6.07, 6.45) is -2.49. The Labute approximate surface area is 137 Å². The molecule has 1 aromatic heterocycles. The van der Waals surface area contributed by atoms with Crippen molar-refractivity contribution in [1.29, 1.82) is 0 Å². The Kier molecular flexibility index (Phi) is 4.29. The standard InChI is InChI=1S/C17H19F3N2O2/c1-2-24-16(23)9-22-14-5-3-10(17(18,19)20)7-12(14)13-8-11(21)4-6-15(13)22/h3,5,7,11H,2,4,6,8-9,21H2,1H3. The quantitative estimate of drug-likeness (QED) is 0.874. The van der Waals surface area contributed by atoms with E-state index in [0.717, 1.165) is 29.8 Å². The van der Waals surface area contributed by atoms with Crippen LogP contribution < -0.4 is 5.73 Å². The van der Waals surface area contributed by atoms with E-state index in [0.29, 0.717) is 23.7 Å². The van der Waals surface area contributed by atoms with Gasteiger partial charge in [0.05, 0.1) is 12.2 Å². The summed E-state index contributed by atoms with van der Waals surface area (Å²) in [5.74, 6) is -0.396.